The summed E-state index contributed by atoms with van der Waals surface area (Å²) in [4.78, 5) is 11.1. The van der Waals surface area contributed by atoms with Gasteiger partial charge in [-0.3, -0.25) is 4.79 Å². The Balaban J connectivity index is 3.01. The van der Waals surface area contributed by atoms with E-state index in [-0.39, 0.29) is 0 Å². The van der Waals surface area contributed by atoms with Crippen LogP contribution in [0.15, 0.2) is 22.7 Å². The first-order chi connectivity index (χ1) is 6.56. The molecule has 1 rings (SSSR count). The smallest absolute Gasteiger partial charge is 0.327 e. The quantitative estimate of drug-likeness (QED) is 0.844. The van der Waals surface area contributed by atoms with Crippen molar-refractivity contribution < 1.29 is 9.53 Å². The number of benzene rings is 1. The number of carbonyl (C=O) groups excluding carboxylic acids is 1. The monoisotopic (exact) mass is 277 g/mol. The molecule has 0 saturated carbocycles. The molecule has 14 heavy (non-hydrogen) atoms. The minimum atomic E-state index is -0.833. The Morgan fingerprint density at radius 1 is 1.64 bits per heavy atom. The van der Waals surface area contributed by atoms with E-state index in [0.717, 1.165) is 4.47 Å². The molecule has 0 unspecified atom stereocenters. The highest BCUT2D eigenvalue weighted by molar-refractivity contribution is 9.10. The molecule has 0 heterocycles. The van der Waals surface area contributed by atoms with Crippen molar-refractivity contribution in [3.63, 3.8) is 0 Å². The topological polar surface area (TPSA) is 52.3 Å². The highest BCUT2D eigenvalue weighted by Gasteiger charge is 2.18. The largest absolute Gasteiger partial charge is 0.468 e. The van der Waals surface area contributed by atoms with Crippen molar-refractivity contribution in [3.05, 3.63) is 33.3 Å². The standard InChI is InChI=1S/C9H9BrClNO2/c1-14-9(13)8(12)6-3-2-5(10)4-7(6)11/h2-4,8H,12H2,1H3/t8-/m0/s1. The molecule has 76 valence electrons. The number of hydrogen-bond acceptors (Lipinski definition) is 3. The van der Waals surface area contributed by atoms with Crippen molar-refractivity contribution in [1.82, 2.24) is 0 Å². The third-order valence-corrected chi connectivity index (χ3v) is 2.57. The highest BCUT2D eigenvalue weighted by Crippen LogP contribution is 2.25. The van der Waals surface area contributed by atoms with E-state index in [4.69, 9.17) is 17.3 Å². The van der Waals surface area contributed by atoms with Gasteiger partial charge >= 0.3 is 5.97 Å². The number of methoxy groups -OCH3 is 1. The Morgan fingerprint density at radius 2 is 2.29 bits per heavy atom. The van der Waals surface area contributed by atoms with Crippen LogP contribution in [0.1, 0.15) is 11.6 Å². The normalized spacial score (nSPS) is 12.3. The van der Waals surface area contributed by atoms with Gasteiger partial charge in [0.2, 0.25) is 0 Å². The van der Waals surface area contributed by atoms with Gasteiger partial charge in [0.1, 0.15) is 6.04 Å². The van der Waals surface area contributed by atoms with E-state index in [1.807, 2.05) is 0 Å². The minimum Gasteiger partial charge on any atom is -0.468 e. The summed E-state index contributed by atoms with van der Waals surface area (Å²) in [5.74, 6) is -0.505. The Kier molecular flexibility index (Phi) is 3.92. The molecule has 0 aromatic heterocycles. The zero-order chi connectivity index (χ0) is 10.7. The van der Waals surface area contributed by atoms with Gasteiger partial charge in [0.05, 0.1) is 7.11 Å². The average molecular weight is 279 g/mol. The Bertz CT molecular complexity index is 357. The molecule has 0 fully saturated rings. The molecule has 1 aromatic carbocycles. The van der Waals surface area contributed by atoms with Crippen LogP contribution in [0.5, 0.6) is 0 Å². The fourth-order valence-corrected chi connectivity index (χ4v) is 1.80. The molecule has 0 spiro atoms. The van der Waals surface area contributed by atoms with Crippen LogP contribution < -0.4 is 5.73 Å². The van der Waals surface area contributed by atoms with Gasteiger partial charge in [-0.2, -0.15) is 0 Å². The lowest BCUT2D eigenvalue weighted by Crippen LogP contribution is -2.22. The van der Waals surface area contributed by atoms with Crippen LogP contribution in [-0.2, 0) is 9.53 Å². The summed E-state index contributed by atoms with van der Waals surface area (Å²) >= 11 is 9.17. The summed E-state index contributed by atoms with van der Waals surface area (Å²) in [7, 11) is 1.29. The zero-order valence-electron chi connectivity index (χ0n) is 7.46. The van der Waals surface area contributed by atoms with E-state index in [9.17, 15) is 4.79 Å². The molecule has 1 aromatic rings. The predicted molar refractivity (Wildman–Crippen MR) is 58.1 cm³/mol. The van der Waals surface area contributed by atoms with Gasteiger partial charge in [-0.1, -0.05) is 33.6 Å². The SMILES string of the molecule is COC(=O)[C@@H](N)c1ccc(Br)cc1Cl. The molecule has 0 amide bonds. The summed E-state index contributed by atoms with van der Waals surface area (Å²) < 4.78 is 5.35. The molecule has 0 saturated heterocycles. The summed E-state index contributed by atoms with van der Waals surface area (Å²) in [6, 6.07) is 4.30. The molecule has 2 N–H and O–H groups in total. The molecule has 0 aliphatic rings. The highest BCUT2D eigenvalue weighted by atomic mass is 79.9. The van der Waals surface area contributed by atoms with Gasteiger partial charge in [-0.05, 0) is 17.7 Å². The van der Waals surface area contributed by atoms with Crippen molar-refractivity contribution in [3.8, 4) is 0 Å². The second-order valence-electron chi connectivity index (χ2n) is 2.67. The Hall–Kier alpha value is -0.580. The molecule has 1 atom stereocenters. The van der Waals surface area contributed by atoms with Crippen LogP contribution in [-0.4, -0.2) is 13.1 Å². The fraction of sp³-hybridized carbons (Fsp3) is 0.222. The molecule has 0 bridgehead atoms. The molecule has 0 radical (unpaired) electrons. The van der Waals surface area contributed by atoms with Crippen molar-refractivity contribution in [1.29, 1.82) is 0 Å². The maximum Gasteiger partial charge on any atom is 0.327 e. The van der Waals surface area contributed by atoms with E-state index in [1.54, 1.807) is 18.2 Å². The maximum atomic E-state index is 11.1. The van der Waals surface area contributed by atoms with Crippen molar-refractivity contribution in [2.45, 2.75) is 6.04 Å². The number of hydrogen-bond donors (Lipinski definition) is 1. The molecule has 3 nitrogen and oxygen atoms in total. The van der Waals surface area contributed by atoms with E-state index in [1.165, 1.54) is 7.11 Å². The third kappa shape index (κ3) is 2.47. The van der Waals surface area contributed by atoms with E-state index in [2.05, 4.69) is 20.7 Å². The van der Waals surface area contributed by atoms with Crippen LogP contribution in [0.2, 0.25) is 5.02 Å². The molecular formula is C9H9BrClNO2. The Labute approximate surface area is 95.3 Å². The summed E-state index contributed by atoms with van der Waals surface area (Å²) in [5, 5.41) is 0.442. The number of ether oxygens (including phenoxy) is 1. The van der Waals surface area contributed by atoms with E-state index in [0.29, 0.717) is 10.6 Å². The molecule has 0 aliphatic carbocycles. The van der Waals surface area contributed by atoms with Gasteiger partial charge in [0, 0.05) is 9.50 Å². The van der Waals surface area contributed by atoms with Crippen LogP contribution in [0, 0.1) is 0 Å². The number of rotatable bonds is 2. The van der Waals surface area contributed by atoms with Crippen LogP contribution in [0.3, 0.4) is 0 Å². The van der Waals surface area contributed by atoms with Gasteiger partial charge in [0.15, 0.2) is 0 Å². The number of nitrogens with two attached hydrogens (primary N) is 1. The third-order valence-electron chi connectivity index (χ3n) is 1.75. The van der Waals surface area contributed by atoms with E-state index >= 15 is 0 Å². The molecule has 0 aliphatic heterocycles. The lowest BCUT2D eigenvalue weighted by Gasteiger charge is -2.11. The molecule has 5 heteroatoms. The second-order valence-corrected chi connectivity index (χ2v) is 3.99. The minimum absolute atomic E-state index is 0.442. The van der Waals surface area contributed by atoms with Crippen molar-refractivity contribution in [2.75, 3.05) is 7.11 Å². The summed E-state index contributed by atoms with van der Waals surface area (Å²) in [6.45, 7) is 0. The van der Waals surface area contributed by atoms with Crippen LogP contribution in [0.25, 0.3) is 0 Å². The van der Waals surface area contributed by atoms with Crippen LogP contribution in [0.4, 0.5) is 0 Å². The van der Waals surface area contributed by atoms with Crippen molar-refractivity contribution in [2.24, 2.45) is 5.73 Å². The predicted octanol–water partition coefficient (Wildman–Crippen LogP) is 2.28. The Morgan fingerprint density at radius 3 is 2.79 bits per heavy atom. The summed E-state index contributed by atoms with van der Waals surface area (Å²) in [5.41, 5.74) is 6.18. The molecular weight excluding hydrogens is 269 g/mol. The van der Waals surface area contributed by atoms with Gasteiger partial charge in [0.25, 0.3) is 0 Å². The van der Waals surface area contributed by atoms with E-state index < -0.39 is 12.0 Å². The lowest BCUT2D eigenvalue weighted by molar-refractivity contribution is -0.142. The summed E-state index contributed by atoms with van der Waals surface area (Å²) in [6.07, 6.45) is 0. The van der Waals surface area contributed by atoms with Gasteiger partial charge in [-0.15, -0.1) is 0 Å². The van der Waals surface area contributed by atoms with Gasteiger partial charge in [-0.25, -0.2) is 0 Å². The zero-order valence-corrected chi connectivity index (χ0v) is 9.80. The van der Waals surface area contributed by atoms with Crippen LogP contribution >= 0.6 is 27.5 Å². The van der Waals surface area contributed by atoms with Crippen molar-refractivity contribution >= 4 is 33.5 Å². The number of esters is 1. The maximum absolute atomic E-state index is 11.1. The lowest BCUT2D eigenvalue weighted by atomic mass is 10.1. The number of halogens is 2. The number of carbonyl (C=O) groups is 1. The average Bonchev–Trinajstić information content (AvgIpc) is 2.15. The first kappa shape index (κ1) is 11.5. The second kappa shape index (κ2) is 4.77. The van der Waals surface area contributed by atoms with Gasteiger partial charge < -0.3 is 10.5 Å². The first-order valence-corrected chi connectivity index (χ1v) is 5.01. The first-order valence-electron chi connectivity index (χ1n) is 3.84. The fourth-order valence-electron chi connectivity index (χ4n) is 1.01.